The van der Waals surface area contributed by atoms with Crippen molar-refractivity contribution in [1.29, 1.82) is 0 Å². The minimum Gasteiger partial charge on any atom is -0.370 e. The Morgan fingerprint density at radius 1 is 1.63 bits per heavy atom. The lowest BCUT2D eigenvalue weighted by molar-refractivity contribution is 0.270. The van der Waals surface area contributed by atoms with Gasteiger partial charge in [0.25, 0.3) is 0 Å². The molecule has 1 aliphatic rings. The number of nitrogens with zero attached hydrogens (tertiary/aromatic N) is 3. The first-order chi connectivity index (χ1) is 8.65. The fourth-order valence-electron chi connectivity index (χ4n) is 2.28. The van der Waals surface area contributed by atoms with E-state index in [9.17, 15) is 0 Å². The topological polar surface area (TPSA) is 54.5 Å². The molecule has 6 heteroatoms. The average Bonchev–Trinajstić information content (AvgIpc) is 2.75. The first-order valence-electron chi connectivity index (χ1n) is 6.61. The number of aryl methyl sites for hydroxylation is 1. The van der Waals surface area contributed by atoms with Gasteiger partial charge in [0.2, 0.25) is 0 Å². The summed E-state index contributed by atoms with van der Waals surface area (Å²) in [6.07, 6.45) is 5.34. The molecule has 0 radical (unpaired) electrons. The molecule has 1 aromatic heterocycles. The Morgan fingerprint density at radius 2 is 2.42 bits per heavy atom. The van der Waals surface area contributed by atoms with Crippen LogP contribution >= 0.6 is 35.3 Å². The van der Waals surface area contributed by atoms with E-state index >= 15 is 0 Å². The SMILES string of the molecule is Cc1cnc(CCN=C(N)N2CCCC(C)C2)s1.I. The number of piperidine rings is 1. The van der Waals surface area contributed by atoms with Crippen LogP contribution in [0.25, 0.3) is 0 Å². The van der Waals surface area contributed by atoms with Gasteiger partial charge in [-0.25, -0.2) is 4.98 Å². The number of aliphatic imine (C=N–C) groups is 1. The molecule has 108 valence electrons. The van der Waals surface area contributed by atoms with Gasteiger partial charge in [-0.1, -0.05) is 6.92 Å². The highest BCUT2D eigenvalue weighted by atomic mass is 127. The Balaban J connectivity index is 0.00000180. The molecule has 1 atom stereocenters. The minimum absolute atomic E-state index is 0. The summed E-state index contributed by atoms with van der Waals surface area (Å²) >= 11 is 1.74. The normalized spacial score (nSPS) is 20.2. The van der Waals surface area contributed by atoms with Crippen LogP contribution < -0.4 is 5.73 Å². The number of hydrogen-bond acceptors (Lipinski definition) is 3. The van der Waals surface area contributed by atoms with E-state index in [0.717, 1.165) is 37.0 Å². The van der Waals surface area contributed by atoms with Crippen molar-refractivity contribution in [3.8, 4) is 0 Å². The summed E-state index contributed by atoms with van der Waals surface area (Å²) in [6.45, 7) is 7.19. The molecular weight excluding hydrogens is 371 g/mol. The number of likely N-dealkylation sites (tertiary alicyclic amines) is 1. The van der Waals surface area contributed by atoms with Crippen molar-refractivity contribution in [2.45, 2.75) is 33.1 Å². The molecule has 2 N–H and O–H groups in total. The Labute approximate surface area is 136 Å². The third-order valence-corrected chi connectivity index (χ3v) is 4.22. The highest BCUT2D eigenvalue weighted by Crippen LogP contribution is 2.15. The van der Waals surface area contributed by atoms with E-state index in [1.807, 2.05) is 6.20 Å². The number of rotatable bonds is 3. The first-order valence-corrected chi connectivity index (χ1v) is 7.43. The van der Waals surface area contributed by atoms with E-state index < -0.39 is 0 Å². The zero-order valence-electron chi connectivity index (χ0n) is 11.6. The van der Waals surface area contributed by atoms with Crippen LogP contribution in [0.4, 0.5) is 0 Å². The summed E-state index contributed by atoms with van der Waals surface area (Å²) in [5, 5.41) is 1.15. The Hall–Kier alpha value is -0.370. The molecule has 0 spiro atoms. The maximum absolute atomic E-state index is 6.04. The molecule has 0 bridgehead atoms. The molecule has 2 rings (SSSR count). The van der Waals surface area contributed by atoms with Crippen LogP contribution in [0.1, 0.15) is 29.7 Å². The fourth-order valence-corrected chi connectivity index (χ4v) is 3.06. The number of halogens is 1. The quantitative estimate of drug-likeness (QED) is 0.487. The molecule has 1 unspecified atom stereocenters. The summed E-state index contributed by atoms with van der Waals surface area (Å²) in [5.74, 6) is 1.43. The number of aromatic nitrogens is 1. The number of guanidine groups is 1. The van der Waals surface area contributed by atoms with Gasteiger partial charge in [-0.15, -0.1) is 35.3 Å². The van der Waals surface area contributed by atoms with Crippen molar-refractivity contribution in [2.75, 3.05) is 19.6 Å². The highest BCUT2D eigenvalue weighted by Gasteiger charge is 2.17. The van der Waals surface area contributed by atoms with Gasteiger partial charge in [0.1, 0.15) is 0 Å². The summed E-state index contributed by atoms with van der Waals surface area (Å²) in [5.41, 5.74) is 6.04. The van der Waals surface area contributed by atoms with Crippen LogP contribution in [-0.4, -0.2) is 35.5 Å². The Kier molecular flexibility index (Phi) is 7.06. The van der Waals surface area contributed by atoms with Gasteiger partial charge >= 0.3 is 0 Å². The van der Waals surface area contributed by atoms with Crippen molar-refractivity contribution >= 4 is 41.3 Å². The van der Waals surface area contributed by atoms with Gasteiger partial charge in [-0.3, -0.25) is 4.99 Å². The molecular formula is C13H23IN4S. The van der Waals surface area contributed by atoms with Gasteiger partial charge in [-0.2, -0.15) is 0 Å². The maximum Gasteiger partial charge on any atom is 0.191 e. The van der Waals surface area contributed by atoms with Crippen molar-refractivity contribution in [1.82, 2.24) is 9.88 Å². The van der Waals surface area contributed by atoms with Crippen LogP contribution in [0.2, 0.25) is 0 Å². The van der Waals surface area contributed by atoms with Gasteiger partial charge in [0, 0.05) is 37.1 Å². The largest absolute Gasteiger partial charge is 0.370 e. The lowest BCUT2D eigenvalue weighted by Crippen LogP contribution is -2.43. The predicted octanol–water partition coefficient (Wildman–Crippen LogP) is 2.66. The van der Waals surface area contributed by atoms with Gasteiger partial charge in [-0.05, 0) is 25.7 Å². The van der Waals surface area contributed by atoms with Gasteiger partial charge in [0.15, 0.2) is 5.96 Å². The zero-order chi connectivity index (χ0) is 13.0. The number of hydrogen-bond donors (Lipinski definition) is 1. The Morgan fingerprint density at radius 3 is 3.05 bits per heavy atom. The van der Waals surface area contributed by atoms with Crippen molar-refractivity contribution in [2.24, 2.45) is 16.6 Å². The molecule has 0 aliphatic carbocycles. The van der Waals surface area contributed by atoms with Crippen molar-refractivity contribution < 1.29 is 0 Å². The first kappa shape index (κ1) is 16.7. The van der Waals surface area contributed by atoms with E-state index in [1.165, 1.54) is 17.7 Å². The van der Waals surface area contributed by atoms with Gasteiger partial charge < -0.3 is 10.6 Å². The second-order valence-electron chi connectivity index (χ2n) is 5.05. The second-order valence-corrected chi connectivity index (χ2v) is 6.37. The monoisotopic (exact) mass is 394 g/mol. The minimum atomic E-state index is 0. The molecule has 1 aliphatic heterocycles. The summed E-state index contributed by atoms with van der Waals surface area (Å²) in [6, 6.07) is 0. The summed E-state index contributed by atoms with van der Waals surface area (Å²) in [7, 11) is 0. The van der Waals surface area contributed by atoms with E-state index in [0.29, 0.717) is 5.96 Å². The van der Waals surface area contributed by atoms with E-state index in [-0.39, 0.29) is 24.0 Å². The smallest absolute Gasteiger partial charge is 0.191 e. The molecule has 2 heterocycles. The fraction of sp³-hybridized carbons (Fsp3) is 0.692. The lowest BCUT2D eigenvalue weighted by Gasteiger charge is -2.31. The van der Waals surface area contributed by atoms with Crippen LogP contribution in [0, 0.1) is 12.8 Å². The molecule has 1 saturated heterocycles. The van der Waals surface area contributed by atoms with Crippen LogP contribution in [0.5, 0.6) is 0 Å². The molecule has 0 saturated carbocycles. The number of nitrogens with two attached hydrogens (primary N) is 1. The third kappa shape index (κ3) is 5.25. The summed E-state index contributed by atoms with van der Waals surface area (Å²) < 4.78 is 0. The molecule has 1 fully saturated rings. The lowest BCUT2D eigenvalue weighted by atomic mass is 10.0. The molecule has 0 aromatic carbocycles. The van der Waals surface area contributed by atoms with Crippen molar-refractivity contribution in [3.63, 3.8) is 0 Å². The molecule has 1 aromatic rings. The number of thiazole rings is 1. The molecule has 0 amide bonds. The van der Waals surface area contributed by atoms with Crippen LogP contribution in [0.15, 0.2) is 11.2 Å². The maximum atomic E-state index is 6.04. The molecule has 19 heavy (non-hydrogen) atoms. The predicted molar refractivity (Wildman–Crippen MR) is 92.4 cm³/mol. The Bertz CT molecular complexity index is 419. The van der Waals surface area contributed by atoms with E-state index in [4.69, 9.17) is 5.73 Å². The van der Waals surface area contributed by atoms with Crippen LogP contribution in [0.3, 0.4) is 0 Å². The third-order valence-electron chi connectivity index (χ3n) is 3.25. The molecule has 4 nitrogen and oxygen atoms in total. The van der Waals surface area contributed by atoms with Gasteiger partial charge in [0.05, 0.1) is 5.01 Å². The standard InChI is InChI=1S/C13H22N4S.HI/c1-10-4-3-7-17(9-10)13(14)15-6-5-12-16-8-11(2)18-12;/h8,10H,3-7,9H2,1-2H3,(H2,14,15);1H. The summed E-state index contributed by atoms with van der Waals surface area (Å²) in [4.78, 5) is 12.3. The van der Waals surface area contributed by atoms with Crippen molar-refractivity contribution in [3.05, 3.63) is 16.1 Å². The van der Waals surface area contributed by atoms with E-state index in [2.05, 4.69) is 28.7 Å². The second kappa shape index (κ2) is 8.04. The van der Waals surface area contributed by atoms with Crippen LogP contribution in [-0.2, 0) is 6.42 Å². The van der Waals surface area contributed by atoms with E-state index in [1.54, 1.807) is 11.3 Å². The average molecular weight is 394 g/mol. The zero-order valence-corrected chi connectivity index (χ0v) is 14.8. The highest BCUT2D eigenvalue weighted by molar-refractivity contribution is 14.0.